The Kier molecular flexibility index (Phi) is 4.52. The molecule has 0 spiro atoms. The molecular weight excluding hydrogens is 289 g/mol. The molecule has 2 aromatic rings. The molecule has 3 nitrogen and oxygen atoms in total. The van der Waals surface area contributed by atoms with Gasteiger partial charge in [0.1, 0.15) is 5.82 Å². The van der Waals surface area contributed by atoms with Crippen molar-refractivity contribution < 1.29 is 14.3 Å². The van der Waals surface area contributed by atoms with E-state index in [1.807, 2.05) is 0 Å². The van der Waals surface area contributed by atoms with E-state index in [1.165, 1.54) is 23.5 Å². The van der Waals surface area contributed by atoms with Crippen LogP contribution in [0.4, 0.5) is 4.39 Å². The number of halogens is 2. The Balaban J connectivity index is 1.95. The standard InChI is InChI=1S/C13H11ClFNO2S/c14-10-2-1-8(5-11(10)15)12(17)6-16-13(18)9-3-4-19-7-9/h1-5,7,12,17H,6H2,(H,16,18). The van der Waals surface area contributed by atoms with Crippen LogP contribution in [0.25, 0.3) is 0 Å². The van der Waals surface area contributed by atoms with Crippen molar-refractivity contribution >= 4 is 28.8 Å². The summed E-state index contributed by atoms with van der Waals surface area (Å²) in [5.74, 6) is -0.864. The molecule has 1 atom stereocenters. The number of nitrogens with one attached hydrogen (secondary N) is 1. The molecule has 1 amide bonds. The van der Waals surface area contributed by atoms with Gasteiger partial charge in [0.25, 0.3) is 5.91 Å². The van der Waals surface area contributed by atoms with Crippen LogP contribution >= 0.6 is 22.9 Å². The van der Waals surface area contributed by atoms with Crippen LogP contribution in [0, 0.1) is 5.82 Å². The summed E-state index contributed by atoms with van der Waals surface area (Å²) in [6.45, 7) is 0.00967. The van der Waals surface area contributed by atoms with Crippen LogP contribution in [0.2, 0.25) is 5.02 Å². The molecule has 0 bridgehead atoms. The number of aliphatic hydroxyl groups excluding tert-OH is 1. The summed E-state index contributed by atoms with van der Waals surface area (Å²) in [5.41, 5.74) is 0.909. The first-order valence-electron chi connectivity index (χ1n) is 5.51. The van der Waals surface area contributed by atoms with Crippen LogP contribution in [0.5, 0.6) is 0 Å². The van der Waals surface area contributed by atoms with E-state index in [9.17, 15) is 14.3 Å². The summed E-state index contributed by atoms with van der Waals surface area (Å²) in [6, 6.07) is 5.74. The Morgan fingerprint density at radius 2 is 2.26 bits per heavy atom. The summed E-state index contributed by atoms with van der Waals surface area (Å²) in [6.07, 6.45) is -0.977. The van der Waals surface area contributed by atoms with Crippen molar-refractivity contribution in [2.45, 2.75) is 6.10 Å². The summed E-state index contributed by atoms with van der Waals surface area (Å²) in [7, 11) is 0. The highest BCUT2D eigenvalue weighted by Crippen LogP contribution is 2.20. The fourth-order valence-corrected chi connectivity index (χ4v) is 2.28. The Morgan fingerprint density at radius 1 is 1.47 bits per heavy atom. The number of hydrogen-bond acceptors (Lipinski definition) is 3. The average Bonchev–Trinajstić information content (AvgIpc) is 2.92. The third-order valence-corrected chi connectivity index (χ3v) is 3.56. The van der Waals surface area contributed by atoms with Crippen LogP contribution in [-0.2, 0) is 0 Å². The van der Waals surface area contributed by atoms with E-state index in [-0.39, 0.29) is 17.5 Å². The summed E-state index contributed by atoms with van der Waals surface area (Å²) >= 11 is 6.97. The van der Waals surface area contributed by atoms with Crippen molar-refractivity contribution in [3.63, 3.8) is 0 Å². The molecule has 0 aliphatic heterocycles. The lowest BCUT2D eigenvalue weighted by Gasteiger charge is -2.12. The lowest BCUT2D eigenvalue weighted by Crippen LogP contribution is -2.28. The van der Waals surface area contributed by atoms with E-state index in [1.54, 1.807) is 16.8 Å². The van der Waals surface area contributed by atoms with Crippen LogP contribution in [-0.4, -0.2) is 17.6 Å². The average molecular weight is 300 g/mol. The zero-order valence-electron chi connectivity index (χ0n) is 9.77. The fraction of sp³-hybridized carbons (Fsp3) is 0.154. The topological polar surface area (TPSA) is 49.3 Å². The molecule has 6 heteroatoms. The lowest BCUT2D eigenvalue weighted by molar-refractivity contribution is 0.0916. The van der Waals surface area contributed by atoms with Gasteiger partial charge in [-0.2, -0.15) is 11.3 Å². The maximum Gasteiger partial charge on any atom is 0.252 e. The van der Waals surface area contributed by atoms with Gasteiger partial charge in [-0.15, -0.1) is 0 Å². The van der Waals surface area contributed by atoms with Crippen LogP contribution in [0.15, 0.2) is 35.0 Å². The van der Waals surface area contributed by atoms with Crippen molar-refractivity contribution in [1.29, 1.82) is 0 Å². The molecule has 0 aliphatic rings. The molecule has 19 heavy (non-hydrogen) atoms. The Labute approximate surface area is 118 Å². The number of aliphatic hydroxyl groups is 1. The van der Waals surface area contributed by atoms with Gasteiger partial charge in [0.05, 0.1) is 11.1 Å². The number of carbonyl (C=O) groups is 1. The second-order valence-electron chi connectivity index (χ2n) is 3.91. The van der Waals surface area contributed by atoms with Crippen LogP contribution in [0.3, 0.4) is 0 Å². The highest BCUT2D eigenvalue weighted by atomic mass is 35.5. The molecule has 0 saturated carbocycles. The van der Waals surface area contributed by atoms with Crippen molar-refractivity contribution in [2.75, 3.05) is 6.54 Å². The molecule has 0 fully saturated rings. The van der Waals surface area contributed by atoms with Gasteiger partial charge in [-0.3, -0.25) is 4.79 Å². The Hall–Kier alpha value is -1.43. The minimum absolute atomic E-state index is 0.00161. The zero-order chi connectivity index (χ0) is 13.8. The third-order valence-electron chi connectivity index (χ3n) is 2.57. The van der Waals surface area contributed by atoms with Crippen LogP contribution in [0.1, 0.15) is 22.0 Å². The van der Waals surface area contributed by atoms with Gasteiger partial charge in [0.15, 0.2) is 0 Å². The van der Waals surface area contributed by atoms with Crippen molar-refractivity contribution in [3.8, 4) is 0 Å². The second-order valence-corrected chi connectivity index (χ2v) is 5.10. The van der Waals surface area contributed by atoms with E-state index in [0.29, 0.717) is 11.1 Å². The van der Waals surface area contributed by atoms with Gasteiger partial charge in [-0.25, -0.2) is 4.39 Å². The molecule has 0 radical (unpaired) electrons. The maximum atomic E-state index is 13.2. The number of benzene rings is 1. The molecule has 1 aromatic carbocycles. The highest BCUT2D eigenvalue weighted by molar-refractivity contribution is 7.08. The van der Waals surface area contributed by atoms with Crippen LogP contribution < -0.4 is 5.32 Å². The molecular formula is C13H11ClFNO2S. The predicted molar refractivity (Wildman–Crippen MR) is 73.0 cm³/mol. The minimum atomic E-state index is -0.977. The molecule has 0 saturated heterocycles. The van der Waals surface area contributed by atoms with Gasteiger partial charge in [-0.05, 0) is 29.1 Å². The number of carbonyl (C=O) groups excluding carboxylic acids is 1. The lowest BCUT2D eigenvalue weighted by atomic mass is 10.1. The first kappa shape index (κ1) is 14.0. The summed E-state index contributed by atoms with van der Waals surface area (Å²) in [4.78, 5) is 11.7. The van der Waals surface area contributed by atoms with E-state index in [0.717, 1.165) is 6.07 Å². The van der Waals surface area contributed by atoms with E-state index in [4.69, 9.17) is 11.6 Å². The van der Waals surface area contributed by atoms with E-state index >= 15 is 0 Å². The number of amides is 1. The molecule has 0 aliphatic carbocycles. The fourth-order valence-electron chi connectivity index (χ4n) is 1.52. The monoisotopic (exact) mass is 299 g/mol. The highest BCUT2D eigenvalue weighted by Gasteiger charge is 2.12. The van der Waals surface area contributed by atoms with Crippen molar-refractivity contribution in [3.05, 3.63) is 57.0 Å². The van der Waals surface area contributed by atoms with Gasteiger partial charge >= 0.3 is 0 Å². The summed E-state index contributed by atoms with van der Waals surface area (Å²) in [5, 5.41) is 15.9. The molecule has 2 N–H and O–H groups in total. The Bertz CT molecular complexity index is 574. The molecule has 1 aromatic heterocycles. The molecule has 2 rings (SSSR count). The van der Waals surface area contributed by atoms with Gasteiger partial charge in [0.2, 0.25) is 0 Å². The Morgan fingerprint density at radius 3 is 2.89 bits per heavy atom. The molecule has 100 valence electrons. The number of thiophene rings is 1. The number of hydrogen-bond donors (Lipinski definition) is 2. The predicted octanol–water partition coefficient (Wildman–Crippen LogP) is 3.00. The SMILES string of the molecule is O=C(NCC(O)c1ccc(Cl)c(F)c1)c1ccsc1. The second kappa shape index (κ2) is 6.14. The normalized spacial score (nSPS) is 12.2. The first-order valence-corrected chi connectivity index (χ1v) is 6.83. The smallest absolute Gasteiger partial charge is 0.252 e. The summed E-state index contributed by atoms with van der Waals surface area (Å²) < 4.78 is 13.2. The zero-order valence-corrected chi connectivity index (χ0v) is 11.3. The van der Waals surface area contributed by atoms with Crippen molar-refractivity contribution in [1.82, 2.24) is 5.32 Å². The first-order chi connectivity index (χ1) is 9.08. The van der Waals surface area contributed by atoms with E-state index < -0.39 is 11.9 Å². The van der Waals surface area contributed by atoms with Gasteiger partial charge in [-0.1, -0.05) is 17.7 Å². The van der Waals surface area contributed by atoms with E-state index in [2.05, 4.69) is 5.32 Å². The maximum absolute atomic E-state index is 13.2. The van der Waals surface area contributed by atoms with Gasteiger partial charge < -0.3 is 10.4 Å². The number of rotatable bonds is 4. The largest absolute Gasteiger partial charge is 0.387 e. The molecule has 1 unspecified atom stereocenters. The minimum Gasteiger partial charge on any atom is -0.387 e. The third kappa shape index (κ3) is 3.53. The quantitative estimate of drug-likeness (QED) is 0.912. The van der Waals surface area contributed by atoms with Crippen molar-refractivity contribution in [2.24, 2.45) is 0 Å². The molecule has 1 heterocycles. The van der Waals surface area contributed by atoms with Gasteiger partial charge in [0, 0.05) is 17.5 Å².